The third kappa shape index (κ3) is 6.41. The quantitative estimate of drug-likeness (QED) is 0.292. The summed E-state index contributed by atoms with van der Waals surface area (Å²) in [6.07, 6.45) is 6.31. The summed E-state index contributed by atoms with van der Waals surface area (Å²) in [5, 5.41) is 9.68. The van der Waals surface area contributed by atoms with Gasteiger partial charge in [0.2, 0.25) is 11.9 Å². The van der Waals surface area contributed by atoms with Crippen LogP contribution in [-0.4, -0.2) is 99.5 Å². The number of para-hydroxylation sites is 1. The first kappa shape index (κ1) is 31.0. The zero-order chi connectivity index (χ0) is 31.6. The molecule has 0 aliphatic carbocycles. The molecule has 5 heterocycles. The highest BCUT2D eigenvalue weighted by molar-refractivity contribution is 5.92. The molecule has 0 radical (unpaired) electrons. The number of nitrogen functional groups attached to an aromatic ring is 2. The van der Waals surface area contributed by atoms with E-state index in [2.05, 4.69) is 25.9 Å². The Kier molecular flexibility index (Phi) is 9.09. The van der Waals surface area contributed by atoms with Gasteiger partial charge in [-0.05, 0) is 50.7 Å². The summed E-state index contributed by atoms with van der Waals surface area (Å²) in [7, 11) is 0. The van der Waals surface area contributed by atoms with Crippen molar-refractivity contribution < 1.29 is 18.9 Å². The lowest BCUT2D eigenvalue weighted by molar-refractivity contribution is -0.885. The number of benzene rings is 1. The van der Waals surface area contributed by atoms with Gasteiger partial charge in [-0.25, -0.2) is 14.6 Å². The molecular formula is C32H47N10O3+. The minimum Gasteiger partial charge on any atom is -0.394 e. The van der Waals surface area contributed by atoms with E-state index >= 15 is 0 Å². The molecule has 2 aromatic rings. The van der Waals surface area contributed by atoms with Gasteiger partial charge in [0.05, 0.1) is 36.9 Å². The average Bonchev–Trinajstić information content (AvgIpc) is 3.07. The van der Waals surface area contributed by atoms with E-state index in [1.54, 1.807) is 6.92 Å². The van der Waals surface area contributed by atoms with Gasteiger partial charge >= 0.3 is 11.9 Å². The molecule has 4 amide bonds. The summed E-state index contributed by atoms with van der Waals surface area (Å²) in [6.45, 7) is 6.70. The summed E-state index contributed by atoms with van der Waals surface area (Å²) in [4.78, 5) is 54.1. The van der Waals surface area contributed by atoms with Gasteiger partial charge in [0, 0.05) is 57.3 Å². The Balaban J connectivity index is 1.18. The predicted molar refractivity (Wildman–Crippen MR) is 173 cm³/mol. The molecule has 3 saturated heterocycles. The van der Waals surface area contributed by atoms with E-state index in [-0.39, 0.29) is 48.1 Å². The van der Waals surface area contributed by atoms with Gasteiger partial charge in [-0.2, -0.15) is 4.98 Å². The summed E-state index contributed by atoms with van der Waals surface area (Å²) >= 11 is 0. The fourth-order valence-corrected chi connectivity index (χ4v) is 7.73. The van der Waals surface area contributed by atoms with Crippen LogP contribution in [0.5, 0.6) is 0 Å². The summed E-state index contributed by atoms with van der Waals surface area (Å²) in [5.41, 5.74) is 14.9. The SMILES string of the molecule is Cc1nc(NC(CC(=O)N2CCC(N3Cc4ccccc4NC3=O)CC2)C(=O)[N+]2(C3CCNCC3)CCCCC2)nc(N)c1N. The van der Waals surface area contributed by atoms with Crippen molar-refractivity contribution in [3.8, 4) is 0 Å². The van der Waals surface area contributed by atoms with Crippen LogP contribution in [0.2, 0.25) is 0 Å². The minimum atomic E-state index is -0.810. The molecule has 1 aromatic heterocycles. The molecule has 13 heteroatoms. The Morgan fingerprint density at radius 2 is 1.76 bits per heavy atom. The zero-order valence-corrected chi connectivity index (χ0v) is 26.3. The second kappa shape index (κ2) is 13.2. The highest BCUT2D eigenvalue weighted by Crippen LogP contribution is 2.32. The lowest BCUT2D eigenvalue weighted by atomic mass is 9.94. The number of nitrogens with one attached hydrogen (secondary N) is 3. The smallest absolute Gasteiger partial charge is 0.336 e. The molecule has 6 rings (SSSR count). The molecule has 4 aliphatic rings. The third-order valence-corrected chi connectivity index (χ3v) is 10.3. The second-order valence-corrected chi connectivity index (χ2v) is 13.0. The maximum Gasteiger partial charge on any atom is 0.336 e. The first-order valence-corrected chi connectivity index (χ1v) is 16.5. The van der Waals surface area contributed by atoms with Crippen LogP contribution in [0.1, 0.15) is 62.6 Å². The number of fused-ring (bicyclic) bond motifs is 1. The zero-order valence-electron chi connectivity index (χ0n) is 26.3. The highest BCUT2D eigenvalue weighted by Gasteiger charge is 2.49. The normalized spacial score (nSPS) is 21.5. The molecule has 3 fully saturated rings. The van der Waals surface area contributed by atoms with Crippen molar-refractivity contribution in [2.75, 3.05) is 61.4 Å². The number of quaternary nitrogens is 1. The van der Waals surface area contributed by atoms with E-state index < -0.39 is 6.04 Å². The molecular weight excluding hydrogens is 572 g/mol. The maximum atomic E-state index is 14.7. The second-order valence-electron chi connectivity index (χ2n) is 13.0. The van der Waals surface area contributed by atoms with Gasteiger partial charge in [0.25, 0.3) is 0 Å². The van der Waals surface area contributed by atoms with Crippen molar-refractivity contribution in [1.29, 1.82) is 0 Å². The van der Waals surface area contributed by atoms with E-state index in [9.17, 15) is 14.4 Å². The lowest BCUT2D eigenvalue weighted by Gasteiger charge is -2.47. The van der Waals surface area contributed by atoms with Gasteiger partial charge in [-0.15, -0.1) is 0 Å². The molecule has 0 spiro atoms. The van der Waals surface area contributed by atoms with Crippen LogP contribution in [-0.2, 0) is 16.1 Å². The monoisotopic (exact) mass is 619 g/mol. The van der Waals surface area contributed by atoms with Crippen LogP contribution in [0.15, 0.2) is 24.3 Å². The van der Waals surface area contributed by atoms with Gasteiger partial charge in [-0.3, -0.25) is 9.28 Å². The van der Waals surface area contributed by atoms with Crippen molar-refractivity contribution in [1.82, 2.24) is 25.1 Å². The molecule has 7 N–H and O–H groups in total. The first-order valence-electron chi connectivity index (χ1n) is 16.5. The average molecular weight is 620 g/mol. The summed E-state index contributed by atoms with van der Waals surface area (Å²) in [5.74, 6) is 0.300. The Labute approximate surface area is 264 Å². The maximum absolute atomic E-state index is 14.7. The fourth-order valence-electron chi connectivity index (χ4n) is 7.73. The van der Waals surface area contributed by atoms with Gasteiger partial charge < -0.3 is 37.2 Å². The number of anilines is 4. The molecule has 0 bridgehead atoms. The molecule has 13 nitrogen and oxygen atoms in total. The number of aryl methyl sites for hydroxylation is 1. The van der Waals surface area contributed by atoms with Crippen molar-refractivity contribution >= 4 is 41.0 Å². The van der Waals surface area contributed by atoms with Crippen LogP contribution in [0.3, 0.4) is 0 Å². The van der Waals surface area contributed by atoms with Gasteiger partial charge in [-0.1, -0.05) is 18.2 Å². The van der Waals surface area contributed by atoms with Crippen LogP contribution in [0.4, 0.5) is 27.9 Å². The van der Waals surface area contributed by atoms with Crippen molar-refractivity contribution in [3.63, 3.8) is 0 Å². The number of hydrogen-bond acceptors (Lipinski definition) is 9. The molecule has 1 aromatic carbocycles. The lowest BCUT2D eigenvalue weighted by Crippen LogP contribution is -2.67. The van der Waals surface area contributed by atoms with Crippen molar-refractivity contribution in [3.05, 3.63) is 35.5 Å². The Hall–Kier alpha value is -3.97. The number of carbonyl (C=O) groups excluding carboxylic acids is 3. The number of aromatic nitrogens is 2. The van der Waals surface area contributed by atoms with Crippen LogP contribution in [0, 0.1) is 6.92 Å². The van der Waals surface area contributed by atoms with Crippen LogP contribution < -0.4 is 27.4 Å². The Morgan fingerprint density at radius 1 is 1.04 bits per heavy atom. The van der Waals surface area contributed by atoms with E-state index in [0.29, 0.717) is 48.3 Å². The van der Waals surface area contributed by atoms with Crippen LogP contribution in [0.25, 0.3) is 0 Å². The largest absolute Gasteiger partial charge is 0.394 e. The standard InChI is InChI=1S/C32H46N10O3/c1-21-28(33)29(34)39-31(36-21)37-26(30(44)42(17-5-2-6-18-42)24-9-13-35-14-10-24)19-27(43)40-15-11-23(12-16-40)41-20-22-7-3-4-8-25(22)38-32(41)45/h3-4,7-8,23-24,26,35H,2,5-6,9-20,33H2,1H3,(H3-,34,36,37,38,39,45)/p+1. The number of likely N-dealkylation sites (tertiary alicyclic amines) is 2. The molecule has 1 unspecified atom stereocenters. The highest BCUT2D eigenvalue weighted by atomic mass is 16.2. The van der Waals surface area contributed by atoms with E-state index in [0.717, 1.165) is 69.5 Å². The number of rotatable bonds is 7. The fraction of sp³-hybridized carbons (Fsp3) is 0.594. The van der Waals surface area contributed by atoms with Gasteiger partial charge in [0.1, 0.15) is 0 Å². The number of carbonyl (C=O) groups is 3. The van der Waals surface area contributed by atoms with Crippen LogP contribution >= 0.6 is 0 Å². The Bertz CT molecular complexity index is 1390. The topological polar surface area (TPSA) is 172 Å². The number of nitrogens with two attached hydrogens (primary N) is 2. The molecule has 0 saturated carbocycles. The summed E-state index contributed by atoms with van der Waals surface area (Å²) < 4.78 is 0.393. The van der Waals surface area contributed by atoms with E-state index in [4.69, 9.17) is 11.5 Å². The van der Waals surface area contributed by atoms with Gasteiger partial charge in [0.15, 0.2) is 11.9 Å². The predicted octanol–water partition coefficient (Wildman–Crippen LogP) is 2.44. The summed E-state index contributed by atoms with van der Waals surface area (Å²) in [6, 6.07) is 7.20. The molecule has 242 valence electrons. The van der Waals surface area contributed by atoms with Crippen molar-refractivity contribution in [2.45, 2.75) is 83.0 Å². The third-order valence-electron chi connectivity index (χ3n) is 10.3. The number of amides is 4. The molecule has 45 heavy (non-hydrogen) atoms. The number of hydrogen-bond donors (Lipinski definition) is 5. The number of piperidine rings is 3. The molecule has 1 atom stereocenters. The minimum absolute atomic E-state index is 0.00126. The van der Waals surface area contributed by atoms with E-state index in [1.807, 2.05) is 34.1 Å². The first-order chi connectivity index (χ1) is 21.7. The van der Waals surface area contributed by atoms with Crippen molar-refractivity contribution in [2.24, 2.45) is 0 Å². The molecule has 4 aliphatic heterocycles. The number of nitrogens with zero attached hydrogens (tertiary/aromatic N) is 5. The Morgan fingerprint density at radius 3 is 2.47 bits per heavy atom. The number of urea groups is 1. The van der Waals surface area contributed by atoms with E-state index in [1.165, 1.54) is 0 Å².